The fourth-order valence-corrected chi connectivity index (χ4v) is 2.92. The van der Waals surface area contributed by atoms with Gasteiger partial charge in [-0.2, -0.15) is 10.1 Å². The number of nitrogens with zero attached hydrogens (tertiary/aromatic N) is 5. The Morgan fingerprint density at radius 1 is 1.37 bits per heavy atom. The Labute approximate surface area is 155 Å². The summed E-state index contributed by atoms with van der Waals surface area (Å²) in [4.78, 5) is 20.6. The van der Waals surface area contributed by atoms with Crippen molar-refractivity contribution >= 4 is 11.6 Å². The summed E-state index contributed by atoms with van der Waals surface area (Å²) >= 11 is 0. The number of aromatic nitrogens is 5. The third kappa shape index (κ3) is 4.56. The Bertz CT molecular complexity index is 885. The number of pyridine rings is 1. The van der Waals surface area contributed by atoms with Crippen LogP contribution in [-0.4, -0.2) is 43.5 Å². The van der Waals surface area contributed by atoms with E-state index in [4.69, 9.17) is 9.26 Å². The summed E-state index contributed by atoms with van der Waals surface area (Å²) in [5.74, 6) is 0.686. The minimum Gasteiger partial charge on any atom is -0.376 e. The predicted molar refractivity (Wildman–Crippen MR) is 95.7 cm³/mol. The smallest absolute Gasteiger partial charge is 0.227 e. The van der Waals surface area contributed by atoms with E-state index in [-0.39, 0.29) is 18.4 Å². The van der Waals surface area contributed by atoms with Crippen LogP contribution in [-0.2, 0) is 22.5 Å². The summed E-state index contributed by atoms with van der Waals surface area (Å²) in [5, 5.41) is 11.0. The van der Waals surface area contributed by atoms with Crippen LogP contribution in [0.15, 0.2) is 41.3 Å². The van der Waals surface area contributed by atoms with Crippen molar-refractivity contribution in [2.24, 2.45) is 0 Å². The first-order chi connectivity index (χ1) is 13.3. The lowest BCUT2D eigenvalue weighted by Gasteiger charge is -2.08. The molecule has 1 atom stereocenters. The number of hydrogen-bond acceptors (Lipinski definition) is 7. The molecule has 0 radical (unpaired) electrons. The molecule has 9 heteroatoms. The second kappa shape index (κ2) is 8.09. The standard InChI is InChI=1S/C18H20N6O3/c25-16(21-13-10-20-24(11-13)12-14-4-3-9-26-14)6-7-17-22-18(23-27-17)15-5-1-2-8-19-15/h1-2,5,8,10-11,14H,3-4,6-7,9,12H2,(H,21,25). The highest BCUT2D eigenvalue weighted by Crippen LogP contribution is 2.16. The number of anilines is 1. The zero-order valence-corrected chi connectivity index (χ0v) is 14.7. The van der Waals surface area contributed by atoms with Crippen molar-refractivity contribution in [2.45, 2.75) is 38.3 Å². The number of ether oxygens (including phenoxy) is 1. The van der Waals surface area contributed by atoms with Crippen LogP contribution < -0.4 is 5.32 Å². The minimum atomic E-state index is -0.135. The SMILES string of the molecule is O=C(CCc1nc(-c2ccccn2)no1)Nc1cnn(CC2CCCO2)c1. The molecule has 27 heavy (non-hydrogen) atoms. The van der Waals surface area contributed by atoms with Crippen LogP contribution in [0.4, 0.5) is 5.69 Å². The molecule has 1 aliphatic rings. The van der Waals surface area contributed by atoms with E-state index in [1.807, 2.05) is 18.3 Å². The second-order valence-corrected chi connectivity index (χ2v) is 6.36. The molecular formula is C18H20N6O3. The monoisotopic (exact) mass is 368 g/mol. The molecular weight excluding hydrogens is 348 g/mol. The Balaban J connectivity index is 1.26. The second-order valence-electron chi connectivity index (χ2n) is 6.36. The van der Waals surface area contributed by atoms with Gasteiger partial charge in [0.05, 0.1) is 24.5 Å². The number of nitrogens with one attached hydrogen (secondary N) is 1. The number of carbonyl (C=O) groups is 1. The van der Waals surface area contributed by atoms with Gasteiger partial charge in [-0.05, 0) is 25.0 Å². The van der Waals surface area contributed by atoms with Gasteiger partial charge in [-0.1, -0.05) is 11.2 Å². The van der Waals surface area contributed by atoms with Gasteiger partial charge in [-0.25, -0.2) is 0 Å². The van der Waals surface area contributed by atoms with E-state index in [1.54, 1.807) is 23.1 Å². The Morgan fingerprint density at radius 3 is 3.15 bits per heavy atom. The molecule has 4 rings (SSSR count). The lowest BCUT2D eigenvalue weighted by Crippen LogP contribution is -2.15. The minimum absolute atomic E-state index is 0.135. The van der Waals surface area contributed by atoms with Crippen LogP contribution in [0.2, 0.25) is 0 Å². The quantitative estimate of drug-likeness (QED) is 0.680. The zero-order valence-electron chi connectivity index (χ0n) is 14.7. The van der Waals surface area contributed by atoms with Gasteiger partial charge in [-0.3, -0.25) is 14.5 Å². The molecule has 3 aromatic heterocycles. The number of aryl methyl sites for hydroxylation is 1. The highest BCUT2D eigenvalue weighted by molar-refractivity contribution is 5.90. The highest BCUT2D eigenvalue weighted by atomic mass is 16.5. The van der Waals surface area contributed by atoms with Crippen molar-refractivity contribution in [3.8, 4) is 11.5 Å². The van der Waals surface area contributed by atoms with E-state index in [0.29, 0.717) is 36.1 Å². The number of amides is 1. The summed E-state index contributed by atoms with van der Waals surface area (Å²) in [6.45, 7) is 1.52. The molecule has 0 bridgehead atoms. The van der Waals surface area contributed by atoms with Crippen molar-refractivity contribution in [3.63, 3.8) is 0 Å². The van der Waals surface area contributed by atoms with Gasteiger partial charge in [0.15, 0.2) is 0 Å². The Hall–Kier alpha value is -3.07. The molecule has 0 aromatic carbocycles. The van der Waals surface area contributed by atoms with Crippen LogP contribution >= 0.6 is 0 Å². The first-order valence-electron chi connectivity index (χ1n) is 8.94. The number of hydrogen-bond donors (Lipinski definition) is 1. The molecule has 0 aliphatic carbocycles. The predicted octanol–water partition coefficient (Wildman–Crippen LogP) is 2.08. The molecule has 4 heterocycles. The molecule has 1 N–H and O–H groups in total. The molecule has 9 nitrogen and oxygen atoms in total. The fourth-order valence-electron chi connectivity index (χ4n) is 2.92. The summed E-state index contributed by atoms with van der Waals surface area (Å²) in [6.07, 6.45) is 8.05. The van der Waals surface area contributed by atoms with Crippen LogP contribution in [0, 0.1) is 0 Å². The van der Waals surface area contributed by atoms with Crippen LogP contribution in [0.3, 0.4) is 0 Å². The fraction of sp³-hybridized carbons (Fsp3) is 0.389. The maximum absolute atomic E-state index is 12.1. The molecule has 1 fully saturated rings. The van der Waals surface area contributed by atoms with E-state index in [9.17, 15) is 4.79 Å². The average Bonchev–Trinajstić information content (AvgIpc) is 3.44. The zero-order chi connectivity index (χ0) is 18.5. The van der Waals surface area contributed by atoms with Crippen molar-refractivity contribution in [2.75, 3.05) is 11.9 Å². The summed E-state index contributed by atoms with van der Waals surface area (Å²) in [5.41, 5.74) is 1.30. The van der Waals surface area contributed by atoms with Gasteiger partial charge in [0.1, 0.15) is 5.69 Å². The maximum atomic E-state index is 12.1. The number of rotatable bonds is 7. The van der Waals surface area contributed by atoms with Gasteiger partial charge in [0.25, 0.3) is 0 Å². The third-order valence-corrected chi connectivity index (χ3v) is 4.26. The van der Waals surface area contributed by atoms with Crippen LogP contribution in [0.25, 0.3) is 11.5 Å². The molecule has 140 valence electrons. The highest BCUT2D eigenvalue weighted by Gasteiger charge is 2.17. The van der Waals surface area contributed by atoms with E-state index < -0.39 is 0 Å². The maximum Gasteiger partial charge on any atom is 0.227 e. The molecule has 0 saturated carbocycles. The molecule has 1 unspecified atom stereocenters. The van der Waals surface area contributed by atoms with Crippen molar-refractivity contribution in [3.05, 3.63) is 42.7 Å². The normalized spacial score (nSPS) is 16.5. The van der Waals surface area contributed by atoms with E-state index >= 15 is 0 Å². The topological polar surface area (TPSA) is 108 Å². The van der Waals surface area contributed by atoms with Gasteiger partial charge in [0.2, 0.25) is 17.6 Å². The van der Waals surface area contributed by atoms with Gasteiger partial charge >= 0.3 is 0 Å². The van der Waals surface area contributed by atoms with Gasteiger partial charge in [-0.15, -0.1) is 0 Å². The van der Waals surface area contributed by atoms with E-state index in [1.165, 1.54) is 0 Å². The van der Waals surface area contributed by atoms with Crippen molar-refractivity contribution < 1.29 is 14.1 Å². The van der Waals surface area contributed by atoms with Crippen LogP contribution in [0.1, 0.15) is 25.2 Å². The summed E-state index contributed by atoms with van der Waals surface area (Å²) in [6, 6.07) is 5.47. The molecule has 0 spiro atoms. The Kier molecular flexibility index (Phi) is 5.20. The van der Waals surface area contributed by atoms with E-state index in [0.717, 1.165) is 19.4 Å². The Morgan fingerprint density at radius 2 is 2.33 bits per heavy atom. The van der Waals surface area contributed by atoms with Gasteiger partial charge in [0, 0.05) is 31.8 Å². The lowest BCUT2D eigenvalue weighted by molar-refractivity contribution is -0.116. The molecule has 1 amide bonds. The van der Waals surface area contributed by atoms with Crippen LogP contribution in [0.5, 0.6) is 0 Å². The largest absolute Gasteiger partial charge is 0.376 e. The molecule has 1 aliphatic heterocycles. The number of carbonyl (C=O) groups excluding carboxylic acids is 1. The van der Waals surface area contributed by atoms with Crippen molar-refractivity contribution in [1.29, 1.82) is 0 Å². The molecule has 1 saturated heterocycles. The molecule has 3 aromatic rings. The van der Waals surface area contributed by atoms with Gasteiger partial charge < -0.3 is 14.6 Å². The third-order valence-electron chi connectivity index (χ3n) is 4.26. The summed E-state index contributed by atoms with van der Waals surface area (Å²) in [7, 11) is 0. The average molecular weight is 368 g/mol. The lowest BCUT2D eigenvalue weighted by atomic mass is 10.2. The summed E-state index contributed by atoms with van der Waals surface area (Å²) < 4.78 is 12.6. The van der Waals surface area contributed by atoms with Crippen molar-refractivity contribution in [1.82, 2.24) is 24.9 Å². The first kappa shape index (κ1) is 17.3. The van der Waals surface area contributed by atoms with E-state index in [2.05, 4.69) is 25.5 Å². The first-order valence-corrected chi connectivity index (χ1v) is 8.94.